The number of H-pyrrole nitrogens is 1. The molecule has 2 rings (SSSR count). The van der Waals surface area contributed by atoms with Gasteiger partial charge in [0.2, 0.25) is 0 Å². The number of hydrogen-bond acceptors (Lipinski definition) is 4. The van der Waals surface area contributed by atoms with Crippen molar-refractivity contribution in [2.75, 3.05) is 18.6 Å². The first-order chi connectivity index (χ1) is 7.49. The second-order valence-corrected chi connectivity index (χ2v) is 6.17. The van der Waals surface area contributed by atoms with E-state index in [1.54, 1.807) is 7.05 Å². The van der Waals surface area contributed by atoms with Gasteiger partial charge in [-0.15, -0.1) is 0 Å². The predicted molar refractivity (Wildman–Crippen MR) is 57.7 cm³/mol. The number of carbonyl (C=O) groups excluding carboxylic acids is 1. The van der Waals surface area contributed by atoms with E-state index in [-0.39, 0.29) is 23.5 Å². The molecule has 0 radical (unpaired) electrons. The highest BCUT2D eigenvalue weighted by Crippen LogP contribution is 2.17. The van der Waals surface area contributed by atoms with Crippen LogP contribution >= 0.6 is 0 Å². The van der Waals surface area contributed by atoms with Gasteiger partial charge in [0.15, 0.2) is 9.84 Å². The number of hydrogen-bond donors (Lipinski definition) is 1. The van der Waals surface area contributed by atoms with Gasteiger partial charge in [-0.2, -0.15) is 0 Å². The summed E-state index contributed by atoms with van der Waals surface area (Å²) in [5, 5.41) is 0. The summed E-state index contributed by atoms with van der Waals surface area (Å²) in [4.78, 5) is 19.8. The molecule has 1 atom stereocenters. The Labute approximate surface area is 93.6 Å². The van der Waals surface area contributed by atoms with Gasteiger partial charge in [0.25, 0.3) is 5.91 Å². The minimum absolute atomic E-state index is 0.0589. The molecule has 1 aromatic heterocycles. The molecule has 1 aliphatic rings. The van der Waals surface area contributed by atoms with E-state index in [1.165, 1.54) is 17.4 Å². The standard InChI is InChI=1S/C9H13N3O3S/c1-12(7-2-3-16(14,15)5-7)9(13)8-4-10-6-11-8/h4,6-7H,2-3,5H2,1H3,(H,10,11). The minimum atomic E-state index is -2.96. The van der Waals surface area contributed by atoms with Crippen LogP contribution in [0.5, 0.6) is 0 Å². The van der Waals surface area contributed by atoms with Gasteiger partial charge in [0.05, 0.1) is 24.0 Å². The van der Waals surface area contributed by atoms with Crippen molar-refractivity contribution >= 4 is 15.7 Å². The van der Waals surface area contributed by atoms with Crippen LogP contribution in [0.15, 0.2) is 12.5 Å². The number of nitrogens with zero attached hydrogens (tertiary/aromatic N) is 2. The fraction of sp³-hybridized carbons (Fsp3) is 0.556. The van der Waals surface area contributed by atoms with Gasteiger partial charge in [-0.3, -0.25) is 4.79 Å². The van der Waals surface area contributed by atoms with E-state index >= 15 is 0 Å². The van der Waals surface area contributed by atoms with Crippen LogP contribution in [-0.2, 0) is 9.84 Å². The van der Waals surface area contributed by atoms with Crippen LogP contribution in [0, 0.1) is 0 Å². The summed E-state index contributed by atoms with van der Waals surface area (Å²) in [5.74, 6) is 0.00126. The van der Waals surface area contributed by atoms with Crippen molar-refractivity contribution in [1.29, 1.82) is 0 Å². The molecule has 1 N–H and O–H groups in total. The molecule has 88 valence electrons. The lowest BCUT2D eigenvalue weighted by Gasteiger charge is -2.22. The van der Waals surface area contributed by atoms with E-state index in [0.717, 1.165) is 0 Å². The zero-order valence-electron chi connectivity index (χ0n) is 8.88. The monoisotopic (exact) mass is 243 g/mol. The van der Waals surface area contributed by atoms with Crippen LogP contribution in [0.3, 0.4) is 0 Å². The van der Waals surface area contributed by atoms with E-state index in [4.69, 9.17) is 0 Å². The topological polar surface area (TPSA) is 83.1 Å². The number of aromatic amines is 1. The maximum Gasteiger partial charge on any atom is 0.271 e. The van der Waals surface area contributed by atoms with Gasteiger partial charge in [-0.05, 0) is 6.42 Å². The summed E-state index contributed by atoms with van der Waals surface area (Å²) < 4.78 is 22.6. The summed E-state index contributed by atoms with van der Waals surface area (Å²) in [6.07, 6.45) is 3.37. The Kier molecular flexibility index (Phi) is 2.71. The van der Waals surface area contributed by atoms with Crippen molar-refractivity contribution in [1.82, 2.24) is 14.9 Å². The molecule has 2 heterocycles. The summed E-state index contributed by atoms with van der Waals surface area (Å²) >= 11 is 0. The van der Waals surface area contributed by atoms with Crippen LogP contribution < -0.4 is 0 Å². The van der Waals surface area contributed by atoms with Crippen molar-refractivity contribution in [3.8, 4) is 0 Å². The molecule has 16 heavy (non-hydrogen) atoms. The average molecular weight is 243 g/mol. The summed E-state index contributed by atoms with van der Waals surface area (Å²) in [6, 6.07) is -0.221. The Morgan fingerprint density at radius 3 is 2.88 bits per heavy atom. The molecule has 1 aromatic rings. The van der Waals surface area contributed by atoms with Gasteiger partial charge in [0.1, 0.15) is 5.69 Å². The Bertz CT molecular complexity index is 480. The second-order valence-electron chi connectivity index (χ2n) is 3.94. The number of imidazole rings is 1. The average Bonchev–Trinajstić information content (AvgIpc) is 2.84. The van der Waals surface area contributed by atoms with E-state index in [2.05, 4.69) is 9.97 Å². The quantitative estimate of drug-likeness (QED) is 0.771. The molecule has 1 aliphatic heterocycles. The van der Waals surface area contributed by atoms with Crippen molar-refractivity contribution in [3.05, 3.63) is 18.2 Å². The maximum atomic E-state index is 11.9. The molecule has 0 aliphatic carbocycles. The van der Waals surface area contributed by atoms with E-state index in [1.807, 2.05) is 0 Å². The summed E-state index contributed by atoms with van der Waals surface area (Å²) in [6.45, 7) is 0. The van der Waals surface area contributed by atoms with Gasteiger partial charge < -0.3 is 9.88 Å². The highest BCUT2D eigenvalue weighted by Gasteiger charge is 2.33. The van der Waals surface area contributed by atoms with Crippen LogP contribution in [0.2, 0.25) is 0 Å². The van der Waals surface area contributed by atoms with Gasteiger partial charge in [-0.1, -0.05) is 0 Å². The highest BCUT2D eigenvalue weighted by atomic mass is 32.2. The first-order valence-electron chi connectivity index (χ1n) is 4.95. The molecule has 1 amide bonds. The first kappa shape index (κ1) is 11.1. The number of rotatable bonds is 2. The summed E-state index contributed by atoms with van der Waals surface area (Å²) in [7, 11) is -1.34. The normalized spacial score (nSPS) is 23.2. The first-order valence-corrected chi connectivity index (χ1v) is 6.78. The van der Waals surface area contributed by atoms with Crippen molar-refractivity contribution in [2.45, 2.75) is 12.5 Å². The highest BCUT2D eigenvalue weighted by molar-refractivity contribution is 7.91. The Hall–Kier alpha value is -1.37. The predicted octanol–water partition coefficient (Wildman–Crippen LogP) is -0.331. The number of nitrogens with one attached hydrogen (secondary N) is 1. The van der Waals surface area contributed by atoms with Gasteiger partial charge in [-0.25, -0.2) is 13.4 Å². The smallest absolute Gasteiger partial charge is 0.271 e. The number of amides is 1. The molecule has 1 fully saturated rings. The summed E-state index contributed by atoms with van der Waals surface area (Å²) in [5.41, 5.74) is 0.381. The fourth-order valence-corrected chi connectivity index (χ4v) is 3.58. The second kappa shape index (κ2) is 3.89. The molecule has 6 nitrogen and oxygen atoms in total. The van der Waals surface area contributed by atoms with Crippen molar-refractivity contribution in [3.63, 3.8) is 0 Å². The Balaban J connectivity index is 2.09. The number of aromatic nitrogens is 2. The lowest BCUT2D eigenvalue weighted by atomic mass is 10.2. The molecule has 0 aromatic carbocycles. The lowest BCUT2D eigenvalue weighted by Crippen LogP contribution is -2.37. The maximum absolute atomic E-state index is 11.9. The molecule has 7 heteroatoms. The van der Waals surface area contributed by atoms with Crippen LogP contribution in [-0.4, -0.2) is 53.8 Å². The molecular weight excluding hydrogens is 230 g/mol. The fourth-order valence-electron chi connectivity index (χ4n) is 1.81. The van der Waals surface area contributed by atoms with Crippen LogP contribution in [0.1, 0.15) is 16.9 Å². The SMILES string of the molecule is CN(C(=O)c1cnc[nH]1)C1CCS(=O)(=O)C1. The third kappa shape index (κ3) is 2.08. The largest absolute Gasteiger partial charge is 0.341 e. The molecule has 0 bridgehead atoms. The zero-order valence-corrected chi connectivity index (χ0v) is 9.70. The minimum Gasteiger partial charge on any atom is -0.341 e. The lowest BCUT2D eigenvalue weighted by molar-refractivity contribution is 0.0742. The molecular formula is C9H13N3O3S. The van der Waals surface area contributed by atoms with E-state index < -0.39 is 9.84 Å². The molecule has 1 unspecified atom stereocenters. The van der Waals surface area contributed by atoms with E-state index in [9.17, 15) is 13.2 Å². The third-order valence-corrected chi connectivity index (χ3v) is 4.56. The number of sulfone groups is 1. The third-order valence-electron chi connectivity index (χ3n) is 2.81. The van der Waals surface area contributed by atoms with Crippen molar-refractivity contribution < 1.29 is 13.2 Å². The molecule has 0 spiro atoms. The Morgan fingerprint density at radius 2 is 2.38 bits per heavy atom. The van der Waals surface area contributed by atoms with Crippen LogP contribution in [0.4, 0.5) is 0 Å². The molecule has 0 saturated carbocycles. The van der Waals surface area contributed by atoms with Crippen LogP contribution in [0.25, 0.3) is 0 Å². The van der Waals surface area contributed by atoms with Gasteiger partial charge in [0, 0.05) is 13.1 Å². The number of carbonyl (C=O) groups is 1. The van der Waals surface area contributed by atoms with Gasteiger partial charge >= 0.3 is 0 Å². The van der Waals surface area contributed by atoms with Crippen molar-refractivity contribution in [2.24, 2.45) is 0 Å². The zero-order chi connectivity index (χ0) is 11.8. The molecule has 1 saturated heterocycles. The Morgan fingerprint density at radius 1 is 1.62 bits per heavy atom. The van der Waals surface area contributed by atoms with E-state index in [0.29, 0.717) is 12.1 Å².